The van der Waals surface area contributed by atoms with Gasteiger partial charge in [0.2, 0.25) is 0 Å². The van der Waals surface area contributed by atoms with Crippen molar-refractivity contribution in [1.29, 1.82) is 0 Å². The minimum absolute atomic E-state index is 0.115. The van der Waals surface area contributed by atoms with Crippen molar-refractivity contribution in [3.8, 4) is 5.75 Å². The van der Waals surface area contributed by atoms with E-state index in [9.17, 15) is 4.79 Å². The molecular formula is C19H23NO3. The Labute approximate surface area is 137 Å². The van der Waals surface area contributed by atoms with Gasteiger partial charge in [0.1, 0.15) is 11.4 Å². The average Bonchev–Trinajstić information content (AvgIpc) is 2.56. The van der Waals surface area contributed by atoms with E-state index in [0.717, 1.165) is 16.9 Å². The van der Waals surface area contributed by atoms with Crippen LogP contribution in [0.15, 0.2) is 54.6 Å². The van der Waals surface area contributed by atoms with Crippen molar-refractivity contribution in [3.63, 3.8) is 0 Å². The van der Waals surface area contributed by atoms with E-state index in [0.29, 0.717) is 13.0 Å². The monoisotopic (exact) mass is 313 g/mol. The third-order valence-electron chi connectivity index (χ3n) is 3.85. The number of carbonyl (C=O) groups excluding carboxylic acids is 1. The highest BCUT2D eigenvalue weighted by Crippen LogP contribution is 2.29. The van der Waals surface area contributed by atoms with Gasteiger partial charge in [-0.05, 0) is 37.1 Å². The summed E-state index contributed by atoms with van der Waals surface area (Å²) < 4.78 is 10.5. The number of hydrogen-bond donors (Lipinski definition) is 1. The highest BCUT2D eigenvalue weighted by atomic mass is 16.5. The summed E-state index contributed by atoms with van der Waals surface area (Å²) in [6.07, 6.45) is 0. The summed E-state index contributed by atoms with van der Waals surface area (Å²) in [6.45, 7) is 4.97. The van der Waals surface area contributed by atoms with Crippen molar-refractivity contribution in [3.05, 3.63) is 65.7 Å². The smallest absolute Gasteiger partial charge is 0.293 e. The third-order valence-corrected chi connectivity index (χ3v) is 3.85. The molecule has 2 aromatic carbocycles. The van der Waals surface area contributed by atoms with E-state index in [1.54, 1.807) is 7.11 Å². The van der Waals surface area contributed by atoms with Crippen molar-refractivity contribution >= 4 is 6.47 Å². The number of rotatable bonds is 8. The molecule has 0 spiro atoms. The van der Waals surface area contributed by atoms with Crippen LogP contribution in [0.3, 0.4) is 0 Å². The van der Waals surface area contributed by atoms with Gasteiger partial charge in [0.05, 0.1) is 13.2 Å². The van der Waals surface area contributed by atoms with Crippen LogP contribution in [-0.2, 0) is 16.1 Å². The number of hydrogen-bond acceptors (Lipinski definition) is 4. The van der Waals surface area contributed by atoms with Gasteiger partial charge in [-0.2, -0.15) is 0 Å². The SMILES string of the molecule is COc1ccc(CNC(c2ccccc2)C(C)(C)OC=O)cc1. The normalized spacial score (nSPS) is 12.5. The molecule has 0 heterocycles. The van der Waals surface area contributed by atoms with Crippen molar-refractivity contribution in [2.24, 2.45) is 0 Å². The second-order valence-electron chi connectivity index (χ2n) is 5.89. The predicted molar refractivity (Wildman–Crippen MR) is 90.2 cm³/mol. The van der Waals surface area contributed by atoms with E-state index in [4.69, 9.17) is 9.47 Å². The fourth-order valence-corrected chi connectivity index (χ4v) is 2.57. The minimum atomic E-state index is -0.657. The zero-order chi connectivity index (χ0) is 16.7. The molecule has 0 aromatic heterocycles. The molecule has 0 aliphatic rings. The van der Waals surface area contributed by atoms with E-state index < -0.39 is 5.60 Å². The molecule has 0 saturated heterocycles. The summed E-state index contributed by atoms with van der Waals surface area (Å²) in [5, 5.41) is 3.49. The van der Waals surface area contributed by atoms with Gasteiger partial charge in [-0.25, -0.2) is 0 Å². The number of carbonyl (C=O) groups is 1. The Morgan fingerprint density at radius 2 is 1.74 bits per heavy atom. The quantitative estimate of drug-likeness (QED) is 0.758. The standard InChI is InChI=1S/C19H23NO3/c1-19(2,23-14-21)18(16-7-5-4-6-8-16)20-13-15-9-11-17(22-3)12-10-15/h4-12,14,18,20H,13H2,1-3H3. The Kier molecular flexibility index (Phi) is 5.77. The first-order chi connectivity index (χ1) is 11.1. The van der Waals surface area contributed by atoms with Gasteiger partial charge in [0, 0.05) is 6.54 Å². The van der Waals surface area contributed by atoms with Crippen LogP contribution >= 0.6 is 0 Å². The molecule has 0 aliphatic heterocycles. The van der Waals surface area contributed by atoms with Crippen LogP contribution < -0.4 is 10.1 Å². The Hall–Kier alpha value is -2.33. The Morgan fingerprint density at radius 3 is 2.30 bits per heavy atom. The summed E-state index contributed by atoms with van der Waals surface area (Å²) in [7, 11) is 1.65. The highest BCUT2D eigenvalue weighted by Gasteiger charge is 2.32. The van der Waals surface area contributed by atoms with Crippen LogP contribution in [0.5, 0.6) is 5.75 Å². The Morgan fingerprint density at radius 1 is 1.09 bits per heavy atom. The number of benzene rings is 2. The molecule has 122 valence electrons. The van der Waals surface area contributed by atoms with Crippen molar-refractivity contribution < 1.29 is 14.3 Å². The zero-order valence-electron chi connectivity index (χ0n) is 13.8. The lowest BCUT2D eigenvalue weighted by atomic mass is 9.91. The van der Waals surface area contributed by atoms with Crippen LogP contribution in [0.1, 0.15) is 31.0 Å². The predicted octanol–water partition coefficient (Wildman–Crippen LogP) is 3.48. The highest BCUT2D eigenvalue weighted by molar-refractivity contribution is 5.39. The maximum absolute atomic E-state index is 10.8. The van der Waals surface area contributed by atoms with Gasteiger partial charge in [-0.3, -0.25) is 4.79 Å². The van der Waals surface area contributed by atoms with Crippen LogP contribution in [0.25, 0.3) is 0 Å². The second kappa shape index (κ2) is 7.79. The van der Waals surface area contributed by atoms with Gasteiger partial charge < -0.3 is 14.8 Å². The molecule has 0 amide bonds. The summed E-state index contributed by atoms with van der Waals surface area (Å²) in [4.78, 5) is 10.8. The van der Waals surface area contributed by atoms with Gasteiger partial charge in [-0.1, -0.05) is 42.5 Å². The molecule has 4 heteroatoms. The summed E-state index contributed by atoms with van der Waals surface area (Å²) in [5.41, 5.74) is 1.55. The Bertz CT molecular complexity index is 608. The van der Waals surface area contributed by atoms with Gasteiger partial charge >= 0.3 is 0 Å². The lowest BCUT2D eigenvalue weighted by molar-refractivity contribution is -0.143. The second-order valence-corrected chi connectivity index (χ2v) is 5.89. The number of nitrogens with one attached hydrogen (secondary N) is 1. The van der Waals surface area contributed by atoms with Crippen molar-refractivity contribution in [1.82, 2.24) is 5.32 Å². The molecule has 0 fully saturated rings. The molecule has 1 atom stereocenters. The first-order valence-corrected chi connectivity index (χ1v) is 7.59. The molecule has 2 rings (SSSR count). The summed E-state index contributed by atoms with van der Waals surface area (Å²) >= 11 is 0. The molecule has 0 bridgehead atoms. The molecule has 4 nitrogen and oxygen atoms in total. The molecule has 0 saturated carbocycles. The van der Waals surface area contributed by atoms with Crippen LogP contribution in [0, 0.1) is 0 Å². The van der Waals surface area contributed by atoms with Gasteiger partial charge in [0.15, 0.2) is 0 Å². The van der Waals surface area contributed by atoms with Crippen LogP contribution in [-0.4, -0.2) is 19.2 Å². The van der Waals surface area contributed by atoms with Crippen LogP contribution in [0.4, 0.5) is 0 Å². The van der Waals surface area contributed by atoms with Crippen molar-refractivity contribution in [2.45, 2.75) is 32.0 Å². The summed E-state index contributed by atoms with van der Waals surface area (Å²) in [5.74, 6) is 0.831. The maximum atomic E-state index is 10.8. The fraction of sp³-hybridized carbons (Fsp3) is 0.316. The average molecular weight is 313 g/mol. The molecule has 23 heavy (non-hydrogen) atoms. The van der Waals surface area contributed by atoms with Gasteiger partial charge in [0.25, 0.3) is 6.47 Å². The first kappa shape index (κ1) is 17.0. The van der Waals surface area contributed by atoms with Crippen molar-refractivity contribution in [2.75, 3.05) is 7.11 Å². The van der Waals surface area contributed by atoms with E-state index in [2.05, 4.69) is 5.32 Å². The molecule has 1 N–H and O–H groups in total. The van der Waals surface area contributed by atoms with E-state index >= 15 is 0 Å². The lowest BCUT2D eigenvalue weighted by Crippen LogP contribution is -2.41. The zero-order valence-corrected chi connectivity index (χ0v) is 13.8. The molecule has 0 aliphatic carbocycles. The largest absolute Gasteiger partial charge is 0.497 e. The Balaban J connectivity index is 2.15. The van der Waals surface area contributed by atoms with Crippen LogP contribution in [0.2, 0.25) is 0 Å². The molecule has 1 unspecified atom stereocenters. The molecule has 0 radical (unpaired) electrons. The maximum Gasteiger partial charge on any atom is 0.293 e. The molecular weight excluding hydrogens is 290 g/mol. The topological polar surface area (TPSA) is 47.6 Å². The van der Waals surface area contributed by atoms with E-state index in [-0.39, 0.29) is 6.04 Å². The van der Waals surface area contributed by atoms with Gasteiger partial charge in [-0.15, -0.1) is 0 Å². The minimum Gasteiger partial charge on any atom is -0.497 e. The summed E-state index contributed by atoms with van der Waals surface area (Å²) in [6, 6.07) is 17.8. The fourth-order valence-electron chi connectivity index (χ4n) is 2.57. The number of methoxy groups -OCH3 is 1. The third kappa shape index (κ3) is 4.57. The van der Waals surface area contributed by atoms with E-state index in [1.165, 1.54) is 0 Å². The number of ether oxygens (including phenoxy) is 2. The van der Waals surface area contributed by atoms with E-state index in [1.807, 2.05) is 68.4 Å². The lowest BCUT2D eigenvalue weighted by Gasteiger charge is -2.33. The molecule has 2 aromatic rings. The first-order valence-electron chi connectivity index (χ1n) is 7.59.